The molecule has 2 saturated heterocycles. The van der Waals surface area contributed by atoms with Crippen LogP contribution < -0.4 is 10.6 Å². The number of carbonyl (C=O) groups excluding carboxylic acids is 1. The smallest absolute Gasteiger partial charge is 0.254 e. The Labute approximate surface area is 226 Å². The highest BCUT2D eigenvalue weighted by Crippen LogP contribution is 2.33. The molecule has 1 unspecified atom stereocenters. The number of halogens is 1. The van der Waals surface area contributed by atoms with Gasteiger partial charge in [0.15, 0.2) is 23.2 Å². The lowest BCUT2D eigenvalue weighted by Gasteiger charge is -2.17. The molecule has 4 aromatic rings. The Morgan fingerprint density at radius 2 is 2.00 bits per heavy atom. The number of hydrogen-bond donors (Lipinski definition) is 5. The molecule has 3 aromatic heterocycles. The Morgan fingerprint density at radius 3 is 2.73 bits per heavy atom. The van der Waals surface area contributed by atoms with Gasteiger partial charge in [0.05, 0.1) is 37.3 Å². The van der Waals surface area contributed by atoms with Crippen LogP contribution in [0.1, 0.15) is 28.6 Å². The fourth-order valence-electron chi connectivity index (χ4n) is 4.68. The maximum absolute atomic E-state index is 13.1. The van der Waals surface area contributed by atoms with E-state index < -0.39 is 37.1 Å². The first-order valence-corrected chi connectivity index (χ1v) is 12.7. The molecule has 15 heteroatoms. The number of anilines is 1. The molecule has 0 bridgehead atoms. The molecule has 2 aliphatic rings. The molecule has 14 nitrogen and oxygen atoms in total. The summed E-state index contributed by atoms with van der Waals surface area (Å²) in [5.74, 6) is -0.254. The Morgan fingerprint density at radius 1 is 1.18 bits per heavy atom. The number of carbonyl (C=O) groups is 1. The second-order valence-electron chi connectivity index (χ2n) is 9.61. The van der Waals surface area contributed by atoms with E-state index in [4.69, 9.17) is 9.47 Å². The van der Waals surface area contributed by atoms with E-state index in [1.165, 1.54) is 40.1 Å². The summed E-state index contributed by atoms with van der Waals surface area (Å²) < 4.78 is 27.1. The first-order valence-electron chi connectivity index (χ1n) is 12.7. The van der Waals surface area contributed by atoms with Gasteiger partial charge in [0.2, 0.25) is 0 Å². The standard InChI is InChI=1S/C25H27FN8O6/c26-15-3-1-13(2-4-15)7-27-23(38)14-8-29-34(9-14)25-31-21(30-16-5-6-39-11-16)18-22(32-25)33(12-28-18)24-20(37)19(36)17(10-35)40-24/h1-4,8-9,12,16-17,19-20,24,35-37H,5-7,10-11H2,(H,27,38)(H,30,31,32)/t16?,17-,19-,20-,24-/m1/s1. The highest BCUT2D eigenvalue weighted by atomic mass is 19.1. The number of fused-ring (bicyclic) bond motifs is 1. The molecule has 40 heavy (non-hydrogen) atoms. The summed E-state index contributed by atoms with van der Waals surface area (Å²) in [7, 11) is 0. The van der Waals surface area contributed by atoms with Crippen LogP contribution in [-0.4, -0.2) is 94.7 Å². The second-order valence-corrected chi connectivity index (χ2v) is 9.61. The number of imidazole rings is 1. The van der Waals surface area contributed by atoms with Crippen molar-refractivity contribution in [2.45, 2.75) is 43.5 Å². The number of aliphatic hydroxyl groups excluding tert-OH is 3. The molecule has 0 spiro atoms. The number of ether oxygens (including phenoxy) is 2. The summed E-state index contributed by atoms with van der Waals surface area (Å²) in [6.45, 7) is 0.811. The number of aromatic nitrogens is 6. The molecule has 210 valence electrons. The van der Waals surface area contributed by atoms with Crippen LogP contribution in [0.4, 0.5) is 10.2 Å². The molecular weight excluding hydrogens is 527 g/mol. The van der Waals surface area contributed by atoms with E-state index >= 15 is 0 Å². The van der Waals surface area contributed by atoms with Crippen molar-refractivity contribution in [3.63, 3.8) is 0 Å². The van der Waals surface area contributed by atoms with Gasteiger partial charge in [0.1, 0.15) is 24.1 Å². The number of benzene rings is 1. The molecule has 1 aromatic carbocycles. The van der Waals surface area contributed by atoms with Gasteiger partial charge in [-0.15, -0.1) is 0 Å². The van der Waals surface area contributed by atoms with Crippen LogP contribution in [0.3, 0.4) is 0 Å². The van der Waals surface area contributed by atoms with Gasteiger partial charge in [0.25, 0.3) is 11.9 Å². The summed E-state index contributed by atoms with van der Waals surface area (Å²) in [6.07, 6.45) is 0.333. The summed E-state index contributed by atoms with van der Waals surface area (Å²) >= 11 is 0. The molecule has 5 N–H and O–H groups in total. The molecule has 2 aliphatic heterocycles. The lowest BCUT2D eigenvalue weighted by Crippen LogP contribution is -2.33. The number of nitrogens with zero attached hydrogens (tertiary/aromatic N) is 6. The van der Waals surface area contributed by atoms with Crippen LogP contribution in [0.25, 0.3) is 17.1 Å². The largest absolute Gasteiger partial charge is 0.394 e. The monoisotopic (exact) mass is 554 g/mol. The Balaban J connectivity index is 1.31. The number of amides is 1. The Bertz CT molecular complexity index is 1500. The van der Waals surface area contributed by atoms with E-state index in [2.05, 4.69) is 30.7 Å². The first kappa shape index (κ1) is 26.2. The van der Waals surface area contributed by atoms with Crippen molar-refractivity contribution >= 4 is 22.9 Å². The average molecular weight is 555 g/mol. The molecule has 2 fully saturated rings. The van der Waals surface area contributed by atoms with Crippen LogP contribution in [0.5, 0.6) is 0 Å². The summed E-state index contributed by atoms with van der Waals surface area (Å²) in [5.41, 5.74) is 1.65. The fraction of sp³-hybridized carbons (Fsp3) is 0.400. The van der Waals surface area contributed by atoms with Gasteiger partial charge >= 0.3 is 0 Å². The van der Waals surface area contributed by atoms with Gasteiger partial charge in [-0.3, -0.25) is 9.36 Å². The molecule has 6 rings (SSSR count). The number of rotatable bonds is 8. The van der Waals surface area contributed by atoms with E-state index in [9.17, 15) is 24.5 Å². The van der Waals surface area contributed by atoms with Gasteiger partial charge in [-0.05, 0) is 24.1 Å². The molecule has 0 aliphatic carbocycles. The highest BCUT2D eigenvalue weighted by molar-refractivity contribution is 5.93. The lowest BCUT2D eigenvalue weighted by atomic mass is 10.1. The predicted octanol–water partition coefficient (Wildman–Crippen LogP) is -0.107. The normalized spacial score (nSPS) is 24.6. The molecule has 0 saturated carbocycles. The van der Waals surface area contributed by atoms with Gasteiger partial charge in [-0.2, -0.15) is 15.1 Å². The van der Waals surface area contributed by atoms with Gasteiger partial charge in [-0.25, -0.2) is 14.1 Å². The van der Waals surface area contributed by atoms with Crippen LogP contribution in [0.15, 0.2) is 43.0 Å². The van der Waals surface area contributed by atoms with Crippen molar-refractivity contribution in [2.75, 3.05) is 25.1 Å². The van der Waals surface area contributed by atoms with E-state index in [-0.39, 0.29) is 35.6 Å². The minimum atomic E-state index is -1.34. The van der Waals surface area contributed by atoms with Crippen molar-refractivity contribution in [2.24, 2.45) is 0 Å². The van der Waals surface area contributed by atoms with Gasteiger partial charge in [-0.1, -0.05) is 12.1 Å². The molecule has 5 heterocycles. The molecule has 5 atom stereocenters. The average Bonchev–Trinajstić information content (AvgIpc) is 3.77. The minimum absolute atomic E-state index is 0.0181. The van der Waals surface area contributed by atoms with E-state index in [1.54, 1.807) is 12.1 Å². The summed E-state index contributed by atoms with van der Waals surface area (Å²) in [6, 6.07) is 5.79. The third-order valence-corrected chi connectivity index (χ3v) is 6.89. The Kier molecular flexibility index (Phi) is 7.12. The zero-order valence-electron chi connectivity index (χ0n) is 21.1. The van der Waals surface area contributed by atoms with Crippen LogP contribution in [0.2, 0.25) is 0 Å². The minimum Gasteiger partial charge on any atom is -0.394 e. The number of hydrogen-bond acceptors (Lipinski definition) is 11. The quantitative estimate of drug-likeness (QED) is 0.196. The summed E-state index contributed by atoms with van der Waals surface area (Å²) in [5, 5.41) is 40.7. The van der Waals surface area contributed by atoms with Crippen molar-refractivity contribution in [3.05, 3.63) is 59.9 Å². The third-order valence-electron chi connectivity index (χ3n) is 6.89. The lowest BCUT2D eigenvalue weighted by molar-refractivity contribution is -0.0511. The SMILES string of the molecule is O=C(NCc1ccc(F)cc1)c1cnn(-c2nc(NC3CCOC3)c3ncn([C@@H]4O[C@H](CO)[C@@H](O)[C@H]4O)c3n2)c1. The number of nitrogens with one attached hydrogen (secondary N) is 2. The Hall–Kier alpha value is -4.02. The topological polar surface area (TPSA) is 182 Å². The molecule has 1 amide bonds. The maximum Gasteiger partial charge on any atom is 0.254 e. The predicted molar refractivity (Wildman–Crippen MR) is 136 cm³/mol. The van der Waals surface area contributed by atoms with Crippen LogP contribution >= 0.6 is 0 Å². The van der Waals surface area contributed by atoms with Crippen molar-refractivity contribution < 1.29 is 34.0 Å². The fourth-order valence-corrected chi connectivity index (χ4v) is 4.68. The zero-order chi connectivity index (χ0) is 27.8. The van der Waals surface area contributed by atoms with Gasteiger partial charge in [0, 0.05) is 19.3 Å². The molecular formula is C25H27FN8O6. The van der Waals surface area contributed by atoms with Crippen molar-refractivity contribution in [1.82, 2.24) is 34.6 Å². The maximum atomic E-state index is 13.1. The zero-order valence-corrected chi connectivity index (χ0v) is 21.1. The first-order chi connectivity index (χ1) is 19.4. The van der Waals surface area contributed by atoms with E-state index in [0.29, 0.717) is 24.5 Å². The van der Waals surface area contributed by atoms with E-state index in [1.807, 2.05) is 0 Å². The van der Waals surface area contributed by atoms with E-state index in [0.717, 1.165) is 12.0 Å². The van der Waals surface area contributed by atoms with Crippen LogP contribution in [0, 0.1) is 5.82 Å². The highest BCUT2D eigenvalue weighted by Gasteiger charge is 2.44. The van der Waals surface area contributed by atoms with Crippen molar-refractivity contribution in [1.29, 1.82) is 0 Å². The summed E-state index contributed by atoms with van der Waals surface area (Å²) in [4.78, 5) is 26.4. The molecule has 0 radical (unpaired) electrons. The third kappa shape index (κ3) is 5.00. The second kappa shape index (κ2) is 10.9. The van der Waals surface area contributed by atoms with Crippen molar-refractivity contribution in [3.8, 4) is 5.95 Å². The van der Waals surface area contributed by atoms with Crippen LogP contribution in [-0.2, 0) is 16.0 Å². The number of aliphatic hydroxyl groups is 3. The van der Waals surface area contributed by atoms with Gasteiger partial charge < -0.3 is 35.4 Å².